The molecule has 0 saturated carbocycles. The number of amides is 2. The van der Waals surface area contributed by atoms with Crippen LogP contribution in [0.3, 0.4) is 0 Å². The molecule has 1 saturated heterocycles. The molecule has 2 aromatic rings. The summed E-state index contributed by atoms with van der Waals surface area (Å²) in [4.78, 5) is 35.9. The van der Waals surface area contributed by atoms with Crippen LogP contribution < -0.4 is 10.2 Å². The van der Waals surface area contributed by atoms with Gasteiger partial charge in [-0.15, -0.1) is 0 Å². The number of piperazine rings is 1. The van der Waals surface area contributed by atoms with E-state index in [0.29, 0.717) is 38.6 Å². The van der Waals surface area contributed by atoms with Gasteiger partial charge in [-0.2, -0.15) is 0 Å². The van der Waals surface area contributed by atoms with Crippen LogP contribution in [0.4, 0.5) is 20.7 Å². The predicted octanol–water partition coefficient (Wildman–Crippen LogP) is 2.15. The minimum Gasteiger partial charge on any atom is -0.450 e. The zero-order chi connectivity index (χ0) is 19.2. The molecule has 0 bridgehead atoms. The van der Waals surface area contributed by atoms with E-state index in [1.807, 2.05) is 4.90 Å². The quantitative estimate of drug-likeness (QED) is 0.884. The molecule has 2 heterocycles. The van der Waals surface area contributed by atoms with E-state index in [9.17, 15) is 14.0 Å². The topological polar surface area (TPSA) is 87.7 Å². The molecule has 1 N–H and O–H groups in total. The molecule has 0 atom stereocenters. The number of carbonyl (C=O) groups is 2. The Morgan fingerprint density at radius 2 is 1.93 bits per heavy atom. The number of aromatic nitrogens is 2. The minimum atomic E-state index is -0.520. The number of benzene rings is 1. The SMILES string of the molecule is CCOC(=O)N1CCN(c2cc(C(=O)Nc3ccccc3F)ncn2)CC1. The first kappa shape index (κ1) is 18.6. The highest BCUT2D eigenvalue weighted by molar-refractivity contribution is 6.03. The summed E-state index contributed by atoms with van der Waals surface area (Å²) in [5.74, 6) is -0.462. The fourth-order valence-corrected chi connectivity index (χ4v) is 2.73. The second-order valence-corrected chi connectivity index (χ2v) is 5.87. The molecule has 1 aliphatic rings. The molecule has 9 heteroatoms. The van der Waals surface area contributed by atoms with Crippen molar-refractivity contribution in [3.8, 4) is 0 Å². The smallest absolute Gasteiger partial charge is 0.409 e. The number of nitrogens with one attached hydrogen (secondary N) is 1. The van der Waals surface area contributed by atoms with Crippen molar-refractivity contribution in [1.29, 1.82) is 0 Å². The highest BCUT2D eigenvalue weighted by Crippen LogP contribution is 2.17. The Hall–Kier alpha value is -3.23. The first-order chi connectivity index (χ1) is 13.1. The van der Waals surface area contributed by atoms with Crippen LogP contribution in [0.5, 0.6) is 0 Å². The van der Waals surface area contributed by atoms with Crippen LogP contribution in [0.15, 0.2) is 36.7 Å². The summed E-state index contributed by atoms with van der Waals surface area (Å²) in [5, 5.41) is 2.50. The minimum absolute atomic E-state index is 0.0886. The second-order valence-electron chi connectivity index (χ2n) is 5.87. The molecule has 0 radical (unpaired) electrons. The van der Waals surface area contributed by atoms with Gasteiger partial charge in [-0.05, 0) is 19.1 Å². The van der Waals surface area contributed by atoms with E-state index in [1.165, 1.54) is 18.5 Å². The van der Waals surface area contributed by atoms with Gasteiger partial charge in [0, 0.05) is 32.2 Å². The van der Waals surface area contributed by atoms with Gasteiger partial charge in [0.25, 0.3) is 5.91 Å². The highest BCUT2D eigenvalue weighted by atomic mass is 19.1. The van der Waals surface area contributed by atoms with Gasteiger partial charge in [-0.1, -0.05) is 12.1 Å². The summed E-state index contributed by atoms with van der Waals surface area (Å²) >= 11 is 0. The Balaban J connectivity index is 1.65. The second kappa shape index (κ2) is 8.43. The third kappa shape index (κ3) is 4.49. The Labute approximate surface area is 156 Å². The summed E-state index contributed by atoms with van der Waals surface area (Å²) in [5.41, 5.74) is 0.224. The summed E-state index contributed by atoms with van der Waals surface area (Å²) in [6.45, 7) is 4.22. The van der Waals surface area contributed by atoms with E-state index >= 15 is 0 Å². The maximum absolute atomic E-state index is 13.7. The predicted molar refractivity (Wildman–Crippen MR) is 97.2 cm³/mol. The average molecular weight is 373 g/mol. The Bertz CT molecular complexity index is 824. The summed E-state index contributed by atoms with van der Waals surface area (Å²) in [7, 11) is 0. The fraction of sp³-hybridized carbons (Fsp3) is 0.333. The van der Waals surface area contributed by atoms with Gasteiger partial charge in [0.15, 0.2) is 0 Å². The third-order valence-electron chi connectivity index (χ3n) is 4.14. The molecular formula is C18H20FN5O3. The molecule has 1 aromatic heterocycles. The summed E-state index contributed by atoms with van der Waals surface area (Å²) < 4.78 is 18.7. The maximum Gasteiger partial charge on any atom is 0.409 e. The summed E-state index contributed by atoms with van der Waals surface area (Å²) in [6.07, 6.45) is 0.966. The van der Waals surface area contributed by atoms with Crippen molar-refractivity contribution in [2.75, 3.05) is 43.0 Å². The molecule has 0 unspecified atom stereocenters. The van der Waals surface area contributed by atoms with Crippen LogP contribution in [-0.2, 0) is 4.74 Å². The molecular weight excluding hydrogens is 353 g/mol. The lowest BCUT2D eigenvalue weighted by atomic mass is 10.2. The van der Waals surface area contributed by atoms with Crippen molar-refractivity contribution in [3.63, 3.8) is 0 Å². The van der Waals surface area contributed by atoms with Gasteiger partial charge in [0.2, 0.25) is 0 Å². The standard InChI is InChI=1S/C18H20FN5O3/c1-2-27-18(26)24-9-7-23(8-10-24)16-11-15(20-12-21-16)17(25)22-14-6-4-3-5-13(14)19/h3-6,11-12H,2,7-10H2,1H3,(H,22,25). The van der Waals surface area contributed by atoms with Gasteiger partial charge < -0.3 is 19.9 Å². The molecule has 2 amide bonds. The Morgan fingerprint density at radius 1 is 1.19 bits per heavy atom. The van der Waals surface area contributed by atoms with E-state index in [1.54, 1.807) is 30.0 Å². The lowest BCUT2D eigenvalue weighted by Crippen LogP contribution is -2.49. The van der Waals surface area contributed by atoms with Gasteiger partial charge in [0.1, 0.15) is 23.7 Å². The first-order valence-electron chi connectivity index (χ1n) is 8.63. The van der Waals surface area contributed by atoms with E-state index in [2.05, 4.69) is 15.3 Å². The normalized spacial score (nSPS) is 14.0. The molecule has 142 valence electrons. The van der Waals surface area contributed by atoms with Crippen molar-refractivity contribution >= 4 is 23.5 Å². The molecule has 8 nitrogen and oxygen atoms in total. The van der Waals surface area contributed by atoms with Gasteiger partial charge in [0.05, 0.1) is 12.3 Å². The van der Waals surface area contributed by atoms with Crippen LogP contribution in [0.2, 0.25) is 0 Å². The van der Waals surface area contributed by atoms with Gasteiger partial charge >= 0.3 is 6.09 Å². The van der Waals surface area contributed by atoms with E-state index in [0.717, 1.165) is 0 Å². The lowest BCUT2D eigenvalue weighted by molar-refractivity contribution is 0.102. The van der Waals surface area contributed by atoms with Crippen molar-refractivity contribution in [3.05, 3.63) is 48.2 Å². The molecule has 1 aliphatic heterocycles. The first-order valence-corrected chi connectivity index (χ1v) is 8.63. The average Bonchev–Trinajstić information content (AvgIpc) is 2.70. The number of ether oxygens (including phenoxy) is 1. The van der Waals surface area contributed by atoms with Crippen LogP contribution in [0.25, 0.3) is 0 Å². The molecule has 1 fully saturated rings. The van der Waals surface area contributed by atoms with E-state index in [-0.39, 0.29) is 17.5 Å². The van der Waals surface area contributed by atoms with Crippen LogP contribution >= 0.6 is 0 Å². The van der Waals surface area contributed by atoms with Crippen molar-refractivity contribution in [2.24, 2.45) is 0 Å². The highest BCUT2D eigenvalue weighted by Gasteiger charge is 2.23. The zero-order valence-electron chi connectivity index (χ0n) is 14.9. The summed E-state index contributed by atoms with van der Waals surface area (Å²) in [6, 6.07) is 7.47. The van der Waals surface area contributed by atoms with Crippen molar-refractivity contribution < 1.29 is 18.7 Å². The van der Waals surface area contributed by atoms with E-state index in [4.69, 9.17) is 4.74 Å². The number of hydrogen-bond donors (Lipinski definition) is 1. The Kier molecular flexibility index (Phi) is 5.80. The Morgan fingerprint density at radius 3 is 2.63 bits per heavy atom. The van der Waals surface area contributed by atoms with Gasteiger partial charge in [-0.3, -0.25) is 4.79 Å². The van der Waals surface area contributed by atoms with Gasteiger partial charge in [-0.25, -0.2) is 19.2 Å². The fourth-order valence-electron chi connectivity index (χ4n) is 2.73. The molecule has 0 spiro atoms. The van der Waals surface area contributed by atoms with Crippen LogP contribution in [0.1, 0.15) is 17.4 Å². The monoisotopic (exact) mass is 373 g/mol. The number of carbonyl (C=O) groups excluding carboxylic acids is 2. The largest absolute Gasteiger partial charge is 0.450 e. The number of rotatable bonds is 4. The van der Waals surface area contributed by atoms with Crippen LogP contribution in [0, 0.1) is 5.82 Å². The molecule has 0 aliphatic carbocycles. The maximum atomic E-state index is 13.7. The molecule has 1 aromatic carbocycles. The third-order valence-corrected chi connectivity index (χ3v) is 4.14. The number of halogens is 1. The van der Waals surface area contributed by atoms with Crippen molar-refractivity contribution in [2.45, 2.75) is 6.92 Å². The number of para-hydroxylation sites is 1. The van der Waals surface area contributed by atoms with Crippen LogP contribution in [-0.4, -0.2) is 59.7 Å². The number of hydrogen-bond acceptors (Lipinski definition) is 6. The number of anilines is 2. The van der Waals surface area contributed by atoms with E-state index < -0.39 is 11.7 Å². The molecule has 27 heavy (non-hydrogen) atoms. The van der Waals surface area contributed by atoms with Crippen molar-refractivity contribution in [1.82, 2.24) is 14.9 Å². The zero-order valence-corrected chi connectivity index (χ0v) is 14.9. The lowest BCUT2D eigenvalue weighted by Gasteiger charge is -2.34. The molecule has 3 rings (SSSR count). The number of nitrogens with zero attached hydrogens (tertiary/aromatic N) is 4.